The molecule has 6 nitrogen and oxygen atoms in total. The summed E-state index contributed by atoms with van der Waals surface area (Å²) in [4.78, 5) is 11.0. The van der Waals surface area contributed by atoms with E-state index in [0.29, 0.717) is 6.04 Å². The number of hydrogen-bond acceptors (Lipinski definition) is 7. The fourth-order valence-corrected chi connectivity index (χ4v) is 3.74. The first-order valence-corrected chi connectivity index (χ1v) is 8.26. The highest BCUT2D eigenvalue weighted by Crippen LogP contribution is 2.27. The Morgan fingerprint density at radius 3 is 3.23 bits per heavy atom. The summed E-state index contributed by atoms with van der Waals surface area (Å²) in [5.74, 6) is 1.88. The van der Waals surface area contributed by atoms with Crippen LogP contribution in [-0.4, -0.2) is 39.3 Å². The third-order valence-electron chi connectivity index (χ3n) is 3.98. The summed E-state index contributed by atoms with van der Waals surface area (Å²) in [6.07, 6.45) is 5.66. The predicted octanol–water partition coefficient (Wildman–Crippen LogP) is 2.56. The largest absolute Gasteiger partial charge is 0.367 e. The lowest BCUT2D eigenvalue weighted by molar-refractivity contribution is 0.685. The fraction of sp³-hybridized carbons (Fsp3) is 0.333. The molecule has 0 unspecified atom stereocenters. The molecule has 0 amide bonds. The minimum absolute atomic E-state index is 0.418. The van der Waals surface area contributed by atoms with Crippen LogP contribution in [0, 0.1) is 0 Å². The quantitative estimate of drug-likeness (QED) is 0.798. The van der Waals surface area contributed by atoms with Gasteiger partial charge in [0.2, 0.25) is 0 Å². The summed E-state index contributed by atoms with van der Waals surface area (Å²) in [6, 6.07) is 6.40. The Hall–Kier alpha value is -2.28. The van der Waals surface area contributed by atoms with Crippen molar-refractivity contribution in [2.45, 2.75) is 18.9 Å². The van der Waals surface area contributed by atoms with E-state index in [1.54, 1.807) is 23.9 Å². The Balaban J connectivity index is 1.50. The minimum atomic E-state index is 0.418. The molecule has 4 heterocycles. The van der Waals surface area contributed by atoms with Gasteiger partial charge in [-0.25, -0.2) is 9.97 Å². The lowest BCUT2D eigenvalue weighted by Gasteiger charge is -2.25. The van der Waals surface area contributed by atoms with Crippen LogP contribution in [-0.2, 0) is 0 Å². The summed E-state index contributed by atoms with van der Waals surface area (Å²) in [6.45, 7) is 1.88. The molecule has 0 saturated carbocycles. The third kappa shape index (κ3) is 2.48. The average molecular weight is 312 g/mol. The first-order valence-electron chi connectivity index (χ1n) is 7.38. The highest BCUT2D eigenvalue weighted by molar-refractivity contribution is 7.17. The monoisotopic (exact) mass is 312 g/mol. The minimum Gasteiger partial charge on any atom is -0.367 e. The van der Waals surface area contributed by atoms with Crippen molar-refractivity contribution in [3.8, 4) is 0 Å². The van der Waals surface area contributed by atoms with Crippen LogP contribution in [0.3, 0.4) is 0 Å². The van der Waals surface area contributed by atoms with Crippen molar-refractivity contribution < 1.29 is 0 Å². The van der Waals surface area contributed by atoms with Crippen molar-refractivity contribution in [2.24, 2.45) is 0 Å². The van der Waals surface area contributed by atoms with Gasteiger partial charge in [-0.2, -0.15) is 5.10 Å². The van der Waals surface area contributed by atoms with Crippen molar-refractivity contribution in [3.63, 3.8) is 0 Å². The van der Waals surface area contributed by atoms with E-state index in [0.717, 1.165) is 41.4 Å². The Morgan fingerprint density at radius 2 is 2.32 bits per heavy atom. The van der Waals surface area contributed by atoms with Crippen molar-refractivity contribution in [2.75, 3.05) is 23.3 Å². The number of nitrogens with zero attached hydrogens (tertiary/aromatic N) is 5. The summed E-state index contributed by atoms with van der Waals surface area (Å²) < 4.78 is 1.12. The molecule has 22 heavy (non-hydrogen) atoms. The molecule has 1 aliphatic rings. The molecule has 1 aliphatic heterocycles. The van der Waals surface area contributed by atoms with Gasteiger partial charge in [0.05, 0.1) is 10.2 Å². The summed E-state index contributed by atoms with van der Waals surface area (Å²) in [7, 11) is 0. The average Bonchev–Trinajstić information content (AvgIpc) is 3.23. The van der Waals surface area contributed by atoms with E-state index in [2.05, 4.69) is 30.4 Å². The van der Waals surface area contributed by atoms with Gasteiger partial charge in [0.15, 0.2) is 5.82 Å². The number of anilines is 2. The molecule has 0 spiro atoms. The smallest absolute Gasteiger partial charge is 0.151 e. The van der Waals surface area contributed by atoms with Gasteiger partial charge in [-0.05, 0) is 36.4 Å². The lowest BCUT2D eigenvalue weighted by Crippen LogP contribution is -2.35. The Labute approximate surface area is 132 Å². The van der Waals surface area contributed by atoms with Gasteiger partial charge in [-0.1, -0.05) is 0 Å². The van der Waals surface area contributed by atoms with E-state index in [1.165, 1.54) is 6.42 Å². The second kappa shape index (κ2) is 5.84. The number of thiophene rings is 1. The van der Waals surface area contributed by atoms with Crippen LogP contribution in [0.1, 0.15) is 12.8 Å². The summed E-state index contributed by atoms with van der Waals surface area (Å²) in [5, 5.41) is 13.7. The maximum Gasteiger partial charge on any atom is 0.151 e. The molecule has 1 saturated heterocycles. The number of hydrogen-bond donors (Lipinski definition) is 1. The highest BCUT2D eigenvalue weighted by Gasteiger charge is 2.25. The first kappa shape index (κ1) is 13.4. The Morgan fingerprint density at radius 1 is 1.32 bits per heavy atom. The standard InChI is InChI=1S/C15H16N6S/c1-4-13(20-19-6-1)21-7-2-3-11(21)9-16-15-14-12(5-8-22-14)17-10-18-15/h1,4-6,8,10-11H,2-3,7,9H2,(H,16,17,18)/t11-/m1/s1. The SMILES string of the molecule is c1cnnc(N2CCC[C@@H]2CNc2ncnc3ccsc23)c1. The first-order chi connectivity index (χ1) is 10.9. The molecule has 0 aromatic carbocycles. The van der Waals surface area contributed by atoms with Crippen LogP contribution >= 0.6 is 11.3 Å². The molecule has 112 valence electrons. The van der Waals surface area contributed by atoms with Crippen molar-refractivity contribution in [3.05, 3.63) is 36.1 Å². The van der Waals surface area contributed by atoms with E-state index in [1.807, 2.05) is 23.6 Å². The van der Waals surface area contributed by atoms with Gasteiger partial charge >= 0.3 is 0 Å². The van der Waals surface area contributed by atoms with Gasteiger partial charge in [0.25, 0.3) is 0 Å². The number of aromatic nitrogens is 4. The molecule has 3 aromatic heterocycles. The maximum absolute atomic E-state index is 4.38. The van der Waals surface area contributed by atoms with Gasteiger partial charge < -0.3 is 10.2 Å². The normalized spacial score (nSPS) is 18.0. The summed E-state index contributed by atoms with van der Waals surface area (Å²) in [5.41, 5.74) is 1.000. The zero-order chi connectivity index (χ0) is 14.8. The third-order valence-corrected chi connectivity index (χ3v) is 4.89. The van der Waals surface area contributed by atoms with E-state index < -0.39 is 0 Å². The van der Waals surface area contributed by atoms with Crippen LogP contribution in [0.2, 0.25) is 0 Å². The zero-order valence-corrected chi connectivity index (χ0v) is 12.8. The lowest BCUT2D eigenvalue weighted by atomic mass is 10.2. The van der Waals surface area contributed by atoms with Gasteiger partial charge in [-0.3, -0.25) is 0 Å². The van der Waals surface area contributed by atoms with Crippen LogP contribution in [0.5, 0.6) is 0 Å². The Bertz CT molecular complexity index is 759. The zero-order valence-electron chi connectivity index (χ0n) is 12.0. The highest BCUT2D eigenvalue weighted by atomic mass is 32.1. The second-order valence-corrected chi connectivity index (χ2v) is 6.23. The number of rotatable bonds is 4. The number of fused-ring (bicyclic) bond motifs is 1. The van der Waals surface area contributed by atoms with Crippen molar-refractivity contribution in [1.82, 2.24) is 20.2 Å². The number of nitrogens with one attached hydrogen (secondary N) is 1. The van der Waals surface area contributed by atoms with E-state index >= 15 is 0 Å². The molecule has 7 heteroatoms. The maximum atomic E-state index is 4.38. The van der Waals surface area contributed by atoms with Crippen molar-refractivity contribution >= 4 is 33.2 Å². The van der Waals surface area contributed by atoms with Crippen LogP contribution < -0.4 is 10.2 Å². The van der Waals surface area contributed by atoms with Gasteiger partial charge in [0.1, 0.15) is 12.1 Å². The van der Waals surface area contributed by atoms with E-state index in [9.17, 15) is 0 Å². The molecular formula is C15H16N6S. The van der Waals surface area contributed by atoms with Crippen molar-refractivity contribution in [1.29, 1.82) is 0 Å². The van der Waals surface area contributed by atoms with Gasteiger partial charge in [0, 0.05) is 25.3 Å². The molecule has 0 radical (unpaired) electrons. The van der Waals surface area contributed by atoms with Crippen LogP contribution in [0.25, 0.3) is 10.2 Å². The molecule has 0 aliphatic carbocycles. The van der Waals surface area contributed by atoms with E-state index in [-0.39, 0.29) is 0 Å². The fourth-order valence-electron chi connectivity index (χ4n) is 2.93. The topological polar surface area (TPSA) is 66.8 Å². The van der Waals surface area contributed by atoms with Gasteiger partial charge in [-0.15, -0.1) is 16.4 Å². The van der Waals surface area contributed by atoms with Crippen LogP contribution in [0.4, 0.5) is 11.6 Å². The molecule has 0 bridgehead atoms. The molecule has 3 aromatic rings. The molecule has 1 atom stereocenters. The van der Waals surface area contributed by atoms with E-state index in [4.69, 9.17) is 0 Å². The molecule has 1 N–H and O–H groups in total. The molecule has 4 rings (SSSR count). The van der Waals surface area contributed by atoms with Crippen LogP contribution in [0.15, 0.2) is 36.1 Å². The second-order valence-electron chi connectivity index (χ2n) is 5.31. The Kier molecular flexibility index (Phi) is 3.56. The predicted molar refractivity (Wildman–Crippen MR) is 88.3 cm³/mol. The summed E-state index contributed by atoms with van der Waals surface area (Å²) >= 11 is 1.67. The molecule has 1 fully saturated rings. The molecular weight excluding hydrogens is 296 g/mol.